The van der Waals surface area contributed by atoms with Gasteiger partial charge in [-0.1, -0.05) is 6.42 Å². The first-order chi connectivity index (χ1) is 13.1. The molecule has 1 spiro atoms. The van der Waals surface area contributed by atoms with Gasteiger partial charge in [-0.15, -0.1) is 11.3 Å². The highest BCUT2D eigenvalue weighted by Crippen LogP contribution is 2.46. The number of rotatable bonds is 2. The van der Waals surface area contributed by atoms with Crippen molar-refractivity contribution in [2.75, 3.05) is 32.8 Å². The van der Waals surface area contributed by atoms with Crippen molar-refractivity contribution in [3.05, 3.63) is 21.4 Å². The Morgan fingerprint density at radius 1 is 1.19 bits per heavy atom. The van der Waals surface area contributed by atoms with Crippen molar-refractivity contribution in [3.8, 4) is 0 Å². The molecule has 4 aliphatic rings. The summed E-state index contributed by atoms with van der Waals surface area (Å²) in [5.41, 5.74) is 1.16. The highest BCUT2D eigenvalue weighted by Gasteiger charge is 2.44. The maximum Gasteiger partial charge on any atom is 0.264 e. The Bertz CT molecular complexity index is 706. The SMILES string of the molecule is O=C(c1cc2c(s1)C1(CCN(C3CCC3)CC1)OCC2)N1CCCC(O)C1. The fraction of sp³-hybridized carbons (Fsp3) is 0.762. The van der Waals surface area contributed by atoms with Gasteiger partial charge in [-0.05, 0) is 56.6 Å². The Morgan fingerprint density at radius 2 is 2.00 bits per heavy atom. The number of carbonyl (C=O) groups excluding carboxylic acids is 1. The van der Waals surface area contributed by atoms with Crippen molar-refractivity contribution in [2.24, 2.45) is 0 Å². The fourth-order valence-electron chi connectivity index (χ4n) is 5.20. The maximum absolute atomic E-state index is 13.0. The second-order valence-corrected chi connectivity index (χ2v) is 9.78. The van der Waals surface area contributed by atoms with E-state index in [2.05, 4.69) is 11.0 Å². The molecular weight excluding hydrogens is 360 g/mol. The van der Waals surface area contributed by atoms with Gasteiger partial charge in [0.05, 0.1) is 17.6 Å². The Balaban J connectivity index is 1.35. The van der Waals surface area contributed by atoms with Gasteiger partial charge in [0.25, 0.3) is 5.91 Å². The topological polar surface area (TPSA) is 53.0 Å². The average molecular weight is 391 g/mol. The minimum absolute atomic E-state index is 0.0928. The molecule has 1 atom stereocenters. The molecule has 1 aromatic rings. The number of hydrogen-bond donors (Lipinski definition) is 1. The van der Waals surface area contributed by atoms with Crippen LogP contribution in [-0.2, 0) is 16.8 Å². The van der Waals surface area contributed by atoms with E-state index in [0.717, 1.165) is 69.3 Å². The van der Waals surface area contributed by atoms with Crippen LogP contribution in [-0.4, -0.2) is 65.7 Å². The van der Waals surface area contributed by atoms with Crippen LogP contribution in [0.2, 0.25) is 0 Å². The molecule has 5 nitrogen and oxygen atoms in total. The first-order valence-electron chi connectivity index (χ1n) is 10.6. The van der Waals surface area contributed by atoms with Crippen LogP contribution >= 0.6 is 11.3 Å². The second-order valence-electron chi connectivity index (χ2n) is 8.73. The molecular formula is C21H30N2O3S. The molecule has 1 unspecified atom stereocenters. The van der Waals surface area contributed by atoms with E-state index in [-0.39, 0.29) is 17.6 Å². The third-order valence-electron chi connectivity index (χ3n) is 7.06. The van der Waals surface area contributed by atoms with Gasteiger partial charge in [-0.3, -0.25) is 4.79 Å². The average Bonchev–Trinajstić information content (AvgIpc) is 3.08. The van der Waals surface area contributed by atoms with E-state index in [1.54, 1.807) is 11.3 Å². The number of fused-ring (bicyclic) bond motifs is 2. The third-order valence-corrected chi connectivity index (χ3v) is 8.41. The largest absolute Gasteiger partial charge is 0.391 e. The zero-order valence-electron chi connectivity index (χ0n) is 16.0. The van der Waals surface area contributed by atoms with Crippen LogP contribution in [0.25, 0.3) is 0 Å². The van der Waals surface area contributed by atoms with Gasteiger partial charge in [0.1, 0.15) is 5.60 Å². The number of thiophene rings is 1. The molecule has 6 heteroatoms. The number of hydrogen-bond acceptors (Lipinski definition) is 5. The molecule has 3 fully saturated rings. The van der Waals surface area contributed by atoms with Gasteiger partial charge < -0.3 is 19.6 Å². The summed E-state index contributed by atoms with van der Waals surface area (Å²) >= 11 is 1.66. The van der Waals surface area contributed by atoms with Crippen LogP contribution in [0.4, 0.5) is 0 Å². The third kappa shape index (κ3) is 3.24. The van der Waals surface area contributed by atoms with Crippen molar-refractivity contribution in [2.45, 2.75) is 69.1 Å². The van der Waals surface area contributed by atoms with Crippen LogP contribution in [0.5, 0.6) is 0 Å². The lowest BCUT2D eigenvalue weighted by Crippen LogP contribution is -2.50. The fourth-order valence-corrected chi connectivity index (χ4v) is 6.57. The molecule has 0 aromatic carbocycles. The van der Waals surface area contributed by atoms with Gasteiger partial charge in [0.15, 0.2) is 0 Å². The zero-order chi connectivity index (χ0) is 18.4. The van der Waals surface area contributed by atoms with Crippen molar-refractivity contribution in [1.82, 2.24) is 9.80 Å². The second kappa shape index (κ2) is 7.14. The molecule has 3 aliphatic heterocycles. The first kappa shape index (κ1) is 18.1. The molecule has 148 valence electrons. The molecule has 1 aromatic heterocycles. The van der Waals surface area contributed by atoms with Crippen molar-refractivity contribution in [3.63, 3.8) is 0 Å². The quantitative estimate of drug-likeness (QED) is 0.844. The van der Waals surface area contributed by atoms with Gasteiger partial charge in [0, 0.05) is 37.1 Å². The number of carbonyl (C=O) groups is 1. The molecule has 1 N–H and O–H groups in total. The summed E-state index contributed by atoms with van der Waals surface area (Å²) in [7, 11) is 0. The van der Waals surface area contributed by atoms with E-state index in [1.807, 2.05) is 4.90 Å². The smallest absolute Gasteiger partial charge is 0.264 e. The lowest BCUT2D eigenvalue weighted by molar-refractivity contribution is -0.104. The predicted octanol–water partition coefficient (Wildman–Crippen LogP) is 2.76. The van der Waals surface area contributed by atoms with E-state index < -0.39 is 0 Å². The van der Waals surface area contributed by atoms with Gasteiger partial charge in [0.2, 0.25) is 0 Å². The first-order valence-corrected chi connectivity index (χ1v) is 11.4. The molecule has 0 radical (unpaired) electrons. The summed E-state index contributed by atoms with van der Waals surface area (Å²) in [5, 5.41) is 9.92. The molecule has 0 bridgehead atoms. The molecule has 1 saturated carbocycles. The Morgan fingerprint density at radius 3 is 2.70 bits per heavy atom. The maximum atomic E-state index is 13.0. The van der Waals surface area contributed by atoms with Gasteiger partial charge in [-0.2, -0.15) is 0 Å². The van der Waals surface area contributed by atoms with Crippen LogP contribution in [0.15, 0.2) is 6.07 Å². The van der Waals surface area contributed by atoms with E-state index in [4.69, 9.17) is 4.74 Å². The number of likely N-dealkylation sites (tertiary alicyclic amines) is 2. The lowest BCUT2D eigenvalue weighted by atomic mass is 9.82. The molecule has 1 aliphatic carbocycles. The summed E-state index contributed by atoms with van der Waals surface area (Å²) < 4.78 is 6.39. The molecule has 4 heterocycles. The number of amides is 1. The summed E-state index contributed by atoms with van der Waals surface area (Å²) in [6, 6.07) is 2.92. The van der Waals surface area contributed by atoms with E-state index >= 15 is 0 Å². The molecule has 2 saturated heterocycles. The molecule has 1 amide bonds. The standard InChI is InChI=1S/C21H30N2O3S/c24-17-5-2-9-23(14-17)20(25)18-13-15-6-12-26-21(19(15)27-18)7-10-22(11-8-21)16-3-1-4-16/h13,16-17,24H,1-12,14H2. The number of aliphatic hydroxyl groups excluding tert-OH is 1. The summed E-state index contributed by atoms with van der Waals surface area (Å²) in [6.07, 6.45) is 8.44. The number of aliphatic hydroxyl groups is 1. The van der Waals surface area contributed by atoms with Crippen LogP contribution in [0.3, 0.4) is 0 Å². The van der Waals surface area contributed by atoms with Gasteiger partial charge >= 0.3 is 0 Å². The van der Waals surface area contributed by atoms with Crippen molar-refractivity contribution < 1.29 is 14.6 Å². The van der Waals surface area contributed by atoms with Crippen LogP contribution in [0, 0.1) is 0 Å². The lowest BCUT2D eigenvalue weighted by Gasteiger charge is -2.47. The van der Waals surface area contributed by atoms with Gasteiger partial charge in [-0.25, -0.2) is 0 Å². The normalized spacial score (nSPS) is 28.8. The minimum atomic E-state index is -0.372. The Hall–Kier alpha value is -0.950. The highest BCUT2D eigenvalue weighted by atomic mass is 32.1. The van der Waals surface area contributed by atoms with Crippen LogP contribution in [0.1, 0.15) is 65.1 Å². The monoisotopic (exact) mass is 390 g/mol. The Kier molecular flexibility index (Phi) is 4.79. The van der Waals surface area contributed by atoms with E-state index in [0.29, 0.717) is 6.54 Å². The number of piperidine rings is 2. The summed E-state index contributed by atoms with van der Waals surface area (Å²) in [5.74, 6) is 0.0928. The minimum Gasteiger partial charge on any atom is -0.391 e. The molecule has 27 heavy (non-hydrogen) atoms. The number of β-amino-alcohol motifs (C(OH)–C–C–N with tert-alkyl or cyclic N) is 1. The number of nitrogens with zero attached hydrogens (tertiary/aromatic N) is 2. The predicted molar refractivity (Wildman–Crippen MR) is 105 cm³/mol. The van der Waals surface area contributed by atoms with Crippen molar-refractivity contribution >= 4 is 17.2 Å². The van der Waals surface area contributed by atoms with E-state index in [1.165, 1.54) is 29.7 Å². The molecule has 5 rings (SSSR count). The summed E-state index contributed by atoms with van der Waals surface area (Å²) in [6.45, 7) is 4.23. The van der Waals surface area contributed by atoms with E-state index in [9.17, 15) is 9.90 Å². The highest BCUT2D eigenvalue weighted by molar-refractivity contribution is 7.14. The number of ether oxygens (including phenoxy) is 1. The zero-order valence-corrected chi connectivity index (χ0v) is 16.8. The Labute approximate surface area is 165 Å². The van der Waals surface area contributed by atoms with Crippen molar-refractivity contribution in [1.29, 1.82) is 0 Å². The van der Waals surface area contributed by atoms with Crippen LogP contribution < -0.4 is 0 Å². The summed E-state index contributed by atoms with van der Waals surface area (Å²) in [4.78, 5) is 19.6.